The predicted molar refractivity (Wildman–Crippen MR) is 162 cm³/mol. The predicted octanol–water partition coefficient (Wildman–Crippen LogP) is 4.30. The summed E-state index contributed by atoms with van der Waals surface area (Å²) in [5, 5.41) is 10.8. The summed E-state index contributed by atoms with van der Waals surface area (Å²) in [6.07, 6.45) is 2.08. The topological polar surface area (TPSA) is 147 Å². The van der Waals surface area contributed by atoms with Gasteiger partial charge in [-0.15, -0.1) is 0 Å². The molecule has 0 radical (unpaired) electrons. The summed E-state index contributed by atoms with van der Waals surface area (Å²) in [6.45, 7) is 0. The Kier molecular flexibility index (Phi) is 6.59. The number of fused-ring (bicyclic) bond motifs is 4. The van der Waals surface area contributed by atoms with E-state index >= 15 is 4.79 Å². The van der Waals surface area contributed by atoms with E-state index in [1.54, 1.807) is 48.5 Å². The zero-order valence-electron chi connectivity index (χ0n) is 24.1. The number of amides is 6. The molecule has 2 aliphatic heterocycles. The number of nitrogens with zero attached hydrogens (tertiary/aromatic N) is 2. The van der Waals surface area contributed by atoms with Crippen molar-refractivity contribution in [3.63, 3.8) is 0 Å². The van der Waals surface area contributed by atoms with Crippen LogP contribution in [0.1, 0.15) is 29.9 Å². The lowest BCUT2D eigenvalue weighted by molar-refractivity contribution is -0.136. The number of rotatable bonds is 4. The van der Waals surface area contributed by atoms with E-state index in [2.05, 4.69) is 0 Å². The number of nitrogens with two attached hydrogens (primary N) is 1. The summed E-state index contributed by atoms with van der Waals surface area (Å²) in [7, 11) is 1.41. The molecule has 3 aromatic carbocycles. The first-order valence-corrected chi connectivity index (χ1v) is 14.9. The Bertz CT molecular complexity index is 1840. The lowest BCUT2D eigenvalue weighted by Crippen LogP contribution is -2.53. The summed E-state index contributed by atoms with van der Waals surface area (Å²) in [5.41, 5.74) is 6.16. The molecule has 10 nitrogen and oxygen atoms in total. The van der Waals surface area contributed by atoms with Gasteiger partial charge >= 0.3 is 6.03 Å². The van der Waals surface area contributed by atoms with E-state index in [1.165, 1.54) is 18.1 Å². The van der Waals surface area contributed by atoms with Gasteiger partial charge in [0.1, 0.15) is 0 Å². The van der Waals surface area contributed by atoms with E-state index in [0.717, 1.165) is 0 Å². The van der Waals surface area contributed by atoms with E-state index in [1.807, 2.05) is 24.3 Å². The molecule has 2 heterocycles. The van der Waals surface area contributed by atoms with Crippen molar-refractivity contribution in [2.75, 3.05) is 12.0 Å². The number of carbonyl (C=O) groups excluding carboxylic acids is 5. The summed E-state index contributed by atoms with van der Waals surface area (Å²) >= 11 is 6.32. The zero-order valence-corrected chi connectivity index (χ0v) is 24.8. The molecule has 228 valence electrons. The van der Waals surface area contributed by atoms with Gasteiger partial charge in [0.25, 0.3) is 0 Å². The normalized spacial score (nSPS) is 28.8. The third kappa shape index (κ3) is 3.91. The van der Waals surface area contributed by atoms with Crippen molar-refractivity contribution in [3.8, 4) is 11.5 Å². The smallest absolute Gasteiger partial charge is 0.328 e. The van der Waals surface area contributed by atoms with Crippen molar-refractivity contribution in [2.24, 2.45) is 29.4 Å². The standard InChI is InChI=1S/C34H28ClN3O7/c1-45-26-14-17(10-13-25(26)39)28-21-11-12-22-27(31(42)38(29(22)40)33(36)44)23(21)16-24-30(41)37(20-9-5-8-19(35)15-20)32(43)34(24,28)18-6-3-2-4-7-18/h2-11,13-15,22-24,27-28,39H,12,16H2,1H3,(H2,36,44). The molecule has 11 heteroatoms. The van der Waals surface area contributed by atoms with Crippen LogP contribution in [-0.2, 0) is 24.6 Å². The number of hydrogen-bond acceptors (Lipinski definition) is 7. The van der Waals surface area contributed by atoms with E-state index in [-0.39, 0.29) is 24.3 Å². The number of methoxy groups -OCH3 is 1. The lowest BCUT2D eigenvalue weighted by Gasteiger charge is -2.50. The number of phenolic OH excluding ortho intramolecular Hbond substituents is 1. The molecule has 2 saturated heterocycles. The van der Waals surface area contributed by atoms with Crippen LogP contribution in [0.5, 0.6) is 11.5 Å². The van der Waals surface area contributed by atoms with E-state index in [0.29, 0.717) is 32.3 Å². The molecule has 6 amide bonds. The molecule has 4 aliphatic rings. The minimum Gasteiger partial charge on any atom is -0.504 e. The van der Waals surface area contributed by atoms with Crippen molar-refractivity contribution in [1.82, 2.24) is 4.90 Å². The van der Waals surface area contributed by atoms with Gasteiger partial charge in [0.05, 0.1) is 36.0 Å². The fraction of sp³-hybridized carbons (Fsp3) is 0.265. The van der Waals surface area contributed by atoms with Gasteiger partial charge in [-0.05, 0) is 60.2 Å². The Morgan fingerprint density at radius 3 is 2.40 bits per heavy atom. The second-order valence-corrected chi connectivity index (χ2v) is 12.3. The van der Waals surface area contributed by atoms with Gasteiger partial charge in [0.2, 0.25) is 23.6 Å². The van der Waals surface area contributed by atoms with E-state index in [9.17, 15) is 24.3 Å². The Hall–Kier alpha value is -4.96. The van der Waals surface area contributed by atoms with Crippen molar-refractivity contribution in [3.05, 3.63) is 101 Å². The molecule has 3 aromatic rings. The van der Waals surface area contributed by atoms with Crippen LogP contribution in [0.15, 0.2) is 84.4 Å². The number of imide groups is 4. The minimum absolute atomic E-state index is 0.0703. The molecule has 6 atom stereocenters. The van der Waals surface area contributed by atoms with Crippen molar-refractivity contribution in [2.45, 2.75) is 24.2 Å². The second-order valence-electron chi connectivity index (χ2n) is 11.9. The number of likely N-dealkylation sites (tertiary alicyclic amines) is 1. The molecule has 0 aromatic heterocycles. The Labute approximate surface area is 263 Å². The zero-order chi connectivity index (χ0) is 31.8. The van der Waals surface area contributed by atoms with Crippen LogP contribution < -0.4 is 15.4 Å². The fourth-order valence-electron chi connectivity index (χ4n) is 8.21. The molecule has 2 aliphatic carbocycles. The Morgan fingerprint density at radius 2 is 1.71 bits per heavy atom. The van der Waals surface area contributed by atoms with Gasteiger partial charge in [-0.3, -0.25) is 19.2 Å². The van der Waals surface area contributed by atoms with Gasteiger partial charge in [-0.1, -0.05) is 65.7 Å². The molecule has 3 N–H and O–H groups in total. The van der Waals surface area contributed by atoms with Crippen LogP contribution in [0.2, 0.25) is 5.02 Å². The molecule has 6 unspecified atom stereocenters. The first kappa shape index (κ1) is 28.8. The highest BCUT2D eigenvalue weighted by Gasteiger charge is 2.70. The third-order valence-corrected chi connectivity index (χ3v) is 10.2. The quantitative estimate of drug-likeness (QED) is 0.325. The van der Waals surface area contributed by atoms with Gasteiger partial charge < -0.3 is 15.6 Å². The Morgan fingerprint density at radius 1 is 0.956 bits per heavy atom. The molecule has 0 spiro atoms. The largest absolute Gasteiger partial charge is 0.504 e. The SMILES string of the molecule is COc1cc(C2C3=CCC4C(=O)N(C(N)=O)C(=O)C4C3CC3C(=O)N(c4cccc(Cl)c4)C(=O)C32c2ccccc2)ccc1O. The number of anilines is 1. The minimum atomic E-state index is -1.48. The number of primary amides is 1. The average molecular weight is 626 g/mol. The number of carbonyl (C=O) groups is 5. The lowest BCUT2D eigenvalue weighted by atomic mass is 9.49. The number of halogens is 1. The second kappa shape index (κ2) is 10.3. The maximum atomic E-state index is 15.1. The number of benzene rings is 3. The first-order chi connectivity index (χ1) is 21.6. The van der Waals surface area contributed by atoms with E-state index in [4.69, 9.17) is 22.1 Å². The molecule has 1 saturated carbocycles. The van der Waals surface area contributed by atoms with Gasteiger partial charge in [-0.25, -0.2) is 9.69 Å². The monoisotopic (exact) mass is 625 g/mol. The molecular formula is C34H28ClN3O7. The van der Waals surface area contributed by atoms with Gasteiger partial charge in [0, 0.05) is 10.9 Å². The third-order valence-electron chi connectivity index (χ3n) is 9.92. The number of urea groups is 1. The summed E-state index contributed by atoms with van der Waals surface area (Å²) in [4.78, 5) is 70.5. The number of phenols is 1. The van der Waals surface area contributed by atoms with Crippen molar-refractivity contribution >= 4 is 46.9 Å². The summed E-state index contributed by atoms with van der Waals surface area (Å²) in [5.74, 6) is -6.45. The van der Waals surface area contributed by atoms with Gasteiger partial charge in [-0.2, -0.15) is 4.90 Å². The summed E-state index contributed by atoms with van der Waals surface area (Å²) < 4.78 is 5.45. The highest BCUT2D eigenvalue weighted by atomic mass is 35.5. The highest BCUT2D eigenvalue weighted by molar-refractivity contribution is 6.32. The van der Waals surface area contributed by atoms with Crippen LogP contribution in [0.25, 0.3) is 0 Å². The number of allylic oxidation sites excluding steroid dienone is 2. The van der Waals surface area contributed by atoms with Crippen molar-refractivity contribution < 1.29 is 33.8 Å². The number of aromatic hydroxyl groups is 1. The molecule has 7 rings (SSSR count). The van der Waals surface area contributed by atoms with Crippen LogP contribution in [0, 0.1) is 23.7 Å². The molecule has 0 bridgehead atoms. The molecular weight excluding hydrogens is 598 g/mol. The van der Waals surface area contributed by atoms with Crippen molar-refractivity contribution in [1.29, 1.82) is 0 Å². The van der Waals surface area contributed by atoms with Crippen LogP contribution >= 0.6 is 11.6 Å². The summed E-state index contributed by atoms with van der Waals surface area (Å²) in [6, 6.07) is 19.2. The van der Waals surface area contributed by atoms with Crippen LogP contribution in [0.4, 0.5) is 10.5 Å². The number of hydrogen-bond donors (Lipinski definition) is 2. The first-order valence-electron chi connectivity index (χ1n) is 14.5. The van der Waals surface area contributed by atoms with Crippen LogP contribution in [0.3, 0.4) is 0 Å². The Balaban J connectivity index is 1.51. The van der Waals surface area contributed by atoms with E-state index < -0.39 is 64.7 Å². The van der Waals surface area contributed by atoms with Gasteiger partial charge in [0.15, 0.2) is 11.5 Å². The highest BCUT2D eigenvalue weighted by Crippen LogP contribution is 2.64. The average Bonchev–Trinajstić information content (AvgIpc) is 3.42. The fourth-order valence-corrected chi connectivity index (χ4v) is 8.39. The molecule has 3 fully saturated rings. The molecule has 45 heavy (non-hydrogen) atoms. The number of ether oxygens (including phenoxy) is 1. The van der Waals surface area contributed by atoms with Crippen LogP contribution in [-0.4, -0.2) is 46.8 Å². The maximum Gasteiger partial charge on any atom is 0.328 e. The maximum absolute atomic E-state index is 15.1.